The molecule has 0 unspecified atom stereocenters. The molecule has 0 aliphatic carbocycles. The summed E-state index contributed by atoms with van der Waals surface area (Å²) in [6.07, 6.45) is 16.4. The second-order valence-corrected chi connectivity index (χ2v) is 12.7. The van der Waals surface area contributed by atoms with Crippen LogP contribution in [-0.2, 0) is 15.6 Å². The molecule has 0 radical (unpaired) electrons. The van der Waals surface area contributed by atoms with Gasteiger partial charge in [0.2, 0.25) is 0 Å². The molecule has 0 aromatic heterocycles. The van der Waals surface area contributed by atoms with Gasteiger partial charge in [0.1, 0.15) is 5.78 Å². The van der Waals surface area contributed by atoms with Gasteiger partial charge in [-0.3, -0.25) is 4.79 Å². The first kappa shape index (κ1) is 31.4. The molecule has 2 nitrogen and oxygen atoms in total. The number of allylic oxidation sites excluding steroid dienone is 7. The zero-order chi connectivity index (χ0) is 29.5. The summed E-state index contributed by atoms with van der Waals surface area (Å²) in [5.41, 5.74) is 10.1. The van der Waals surface area contributed by atoms with Crippen LogP contribution in [0.5, 0.6) is 0 Å². The lowest BCUT2D eigenvalue weighted by Gasteiger charge is -2.28. The van der Waals surface area contributed by atoms with Crippen molar-refractivity contribution in [3.05, 3.63) is 112 Å². The topological polar surface area (TPSA) is 20.3 Å². The van der Waals surface area contributed by atoms with E-state index in [1.165, 1.54) is 39.2 Å². The van der Waals surface area contributed by atoms with E-state index in [4.69, 9.17) is 0 Å². The molecule has 0 atom stereocenters. The van der Waals surface area contributed by atoms with E-state index in [0.717, 1.165) is 50.6 Å². The Hall–Kier alpha value is -3.13. The van der Waals surface area contributed by atoms with Gasteiger partial charge in [-0.2, -0.15) is 0 Å². The number of unbranched alkanes of at least 4 members (excludes halogenated alkanes) is 2. The lowest BCUT2D eigenvalue weighted by molar-refractivity contribution is -0.119. The lowest BCUT2D eigenvalue weighted by Crippen LogP contribution is -2.27. The smallest absolute Gasteiger partial charge is 0.132 e. The average molecular weight is 538 g/mol. The molecule has 40 heavy (non-hydrogen) atoms. The van der Waals surface area contributed by atoms with Crippen molar-refractivity contribution in [1.29, 1.82) is 0 Å². The fourth-order valence-corrected chi connectivity index (χ4v) is 5.88. The molecule has 3 rings (SSSR count). The van der Waals surface area contributed by atoms with Gasteiger partial charge in [-0.25, -0.2) is 0 Å². The number of benzene rings is 2. The van der Waals surface area contributed by atoms with Gasteiger partial charge in [0.25, 0.3) is 0 Å². The predicted molar refractivity (Wildman–Crippen MR) is 174 cm³/mol. The van der Waals surface area contributed by atoms with Gasteiger partial charge >= 0.3 is 0 Å². The maximum atomic E-state index is 11.9. The van der Waals surface area contributed by atoms with E-state index >= 15 is 0 Å². The number of rotatable bonds is 13. The van der Waals surface area contributed by atoms with E-state index < -0.39 is 0 Å². The second kappa shape index (κ2) is 13.5. The average Bonchev–Trinajstić information content (AvgIpc) is 3.10. The molecule has 0 spiro atoms. The third-order valence-electron chi connectivity index (χ3n) is 8.56. The minimum absolute atomic E-state index is 0.0687. The Morgan fingerprint density at radius 3 is 2.35 bits per heavy atom. The van der Waals surface area contributed by atoms with Crippen LogP contribution in [0.4, 0.5) is 5.69 Å². The highest BCUT2D eigenvalue weighted by Crippen LogP contribution is 2.48. The summed E-state index contributed by atoms with van der Waals surface area (Å²) in [5.74, 6) is 0.407. The van der Waals surface area contributed by atoms with Crippen LogP contribution in [0.2, 0.25) is 0 Å². The number of carbonyl (C=O) groups is 1. The second-order valence-electron chi connectivity index (χ2n) is 12.7. The first-order chi connectivity index (χ1) is 18.9. The Balaban J connectivity index is 1.74. The molecule has 0 N–H and O–H groups in total. The van der Waals surface area contributed by atoms with Crippen molar-refractivity contribution >= 4 is 11.5 Å². The summed E-state index contributed by atoms with van der Waals surface area (Å²) in [4.78, 5) is 14.4. The third-order valence-corrected chi connectivity index (χ3v) is 8.56. The van der Waals surface area contributed by atoms with E-state index in [2.05, 4.69) is 134 Å². The molecule has 214 valence electrons. The van der Waals surface area contributed by atoms with E-state index in [9.17, 15) is 4.79 Å². The van der Waals surface area contributed by atoms with Crippen molar-refractivity contribution in [3.8, 4) is 0 Å². The van der Waals surface area contributed by atoms with Gasteiger partial charge < -0.3 is 4.90 Å². The molecule has 1 aliphatic rings. The van der Waals surface area contributed by atoms with Crippen molar-refractivity contribution in [2.24, 2.45) is 0 Å². The number of carbonyl (C=O) groups excluding carboxylic acids is 1. The van der Waals surface area contributed by atoms with E-state index in [1.54, 1.807) is 0 Å². The van der Waals surface area contributed by atoms with Gasteiger partial charge in [0.05, 0.1) is 0 Å². The monoisotopic (exact) mass is 537 g/mol. The van der Waals surface area contributed by atoms with Crippen LogP contribution in [0.3, 0.4) is 0 Å². The number of hydrogen-bond donors (Lipinski definition) is 0. The number of hydrogen-bond acceptors (Lipinski definition) is 2. The van der Waals surface area contributed by atoms with Gasteiger partial charge in [0.15, 0.2) is 0 Å². The molecule has 0 bridgehead atoms. The first-order valence-corrected chi connectivity index (χ1v) is 15.1. The molecule has 2 aromatic rings. The Labute approximate surface area is 244 Å². The lowest BCUT2D eigenvalue weighted by atomic mass is 9.76. The van der Waals surface area contributed by atoms with Gasteiger partial charge in [0, 0.05) is 41.6 Å². The summed E-state index contributed by atoms with van der Waals surface area (Å²) in [6, 6.07) is 13.5. The molecule has 2 heteroatoms. The van der Waals surface area contributed by atoms with Gasteiger partial charge in [-0.1, -0.05) is 113 Å². The SMILES string of the molecule is C=C(/C=C/C=C/C=C1\N(CCCCCC(=O)CCC)c2ccc(C)cc2C1(C)C)C(C)(C)c1cc(C)ccc1C. The Bertz CT molecular complexity index is 1300. The maximum absolute atomic E-state index is 11.9. The normalized spacial score (nSPS) is 15.9. The summed E-state index contributed by atoms with van der Waals surface area (Å²) in [7, 11) is 0. The molecule has 1 heterocycles. The number of anilines is 1. The van der Waals surface area contributed by atoms with E-state index in [1.807, 2.05) is 0 Å². The van der Waals surface area contributed by atoms with Crippen LogP contribution in [0.1, 0.15) is 101 Å². The molecular formula is C38H51NO. The van der Waals surface area contributed by atoms with Crippen molar-refractivity contribution in [3.63, 3.8) is 0 Å². The highest BCUT2D eigenvalue weighted by atomic mass is 16.1. The third kappa shape index (κ3) is 7.33. The number of fused-ring (bicyclic) bond motifs is 1. The number of ketones is 1. The molecular weight excluding hydrogens is 486 g/mol. The number of Topliss-reactive ketones (excluding diaryl/α,β-unsaturated/α-hetero) is 1. The standard InChI is InChI=1S/C38H51NO/c1-10-17-32(40)19-14-12-16-25-39-35-24-22-29(3)27-34(35)38(8,9)36(39)20-15-11-13-18-31(5)37(6,7)33-26-28(2)21-23-30(33)4/h11,13,15,18,20-24,26-27H,5,10,12,14,16-17,19,25H2,1-4,6-9H3/b15-11+,18-13+,36-20-. The van der Waals surface area contributed by atoms with Crippen LogP contribution in [0.25, 0.3) is 0 Å². The summed E-state index contributed by atoms with van der Waals surface area (Å²) in [6.45, 7) is 23.1. The largest absolute Gasteiger partial charge is 0.344 e. The zero-order valence-corrected chi connectivity index (χ0v) is 26.4. The Morgan fingerprint density at radius 1 is 0.925 bits per heavy atom. The molecule has 1 aliphatic heterocycles. The molecule has 0 amide bonds. The van der Waals surface area contributed by atoms with Gasteiger partial charge in [-0.15, -0.1) is 0 Å². The van der Waals surface area contributed by atoms with Crippen molar-refractivity contribution in [2.75, 3.05) is 11.4 Å². The number of nitrogens with zero attached hydrogens (tertiary/aromatic N) is 1. The fourth-order valence-electron chi connectivity index (χ4n) is 5.88. The summed E-state index contributed by atoms with van der Waals surface area (Å²) in [5, 5.41) is 0. The molecule has 0 fully saturated rings. The minimum atomic E-state index is -0.135. The first-order valence-electron chi connectivity index (χ1n) is 15.1. The number of aryl methyl sites for hydroxylation is 3. The summed E-state index contributed by atoms with van der Waals surface area (Å²) < 4.78 is 0. The van der Waals surface area contributed by atoms with Crippen LogP contribution >= 0.6 is 0 Å². The highest BCUT2D eigenvalue weighted by molar-refractivity contribution is 5.78. The summed E-state index contributed by atoms with van der Waals surface area (Å²) >= 11 is 0. The zero-order valence-electron chi connectivity index (χ0n) is 26.4. The van der Waals surface area contributed by atoms with E-state index in [-0.39, 0.29) is 10.8 Å². The Morgan fingerprint density at radius 2 is 1.62 bits per heavy atom. The molecule has 2 aromatic carbocycles. The van der Waals surface area contributed by atoms with Crippen molar-refractivity contribution in [2.45, 2.75) is 105 Å². The van der Waals surface area contributed by atoms with Crippen molar-refractivity contribution in [1.82, 2.24) is 0 Å². The minimum Gasteiger partial charge on any atom is -0.344 e. The van der Waals surface area contributed by atoms with Crippen LogP contribution < -0.4 is 4.90 Å². The van der Waals surface area contributed by atoms with E-state index in [0.29, 0.717) is 5.78 Å². The highest BCUT2D eigenvalue weighted by Gasteiger charge is 2.39. The maximum Gasteiger partial charge on any atom is 0.132 e. The van der Waals surface area contributed by atoms with Crippen LogP contribution in [0, 0.1) is 20.8 Å². The molecule has 0 saturated heterocycles. The predicted octanol–water partition coefficient (Wildman–Crippen LogP) is 10.2. The fraction of sp³-hybridized carbons (Fsp3) is 0.447. The quantitative estimate of drug-likeness (QED) is 0.187. The van der Waals surface area contributed by atoms with Crippen LogP contribution in [0.15, 0.2) is 84.6 Å². The van der Waals surface area contributed by atoms with Crippen LogP contribution in [-0.4, -0.2) is 12.3 Å². The molecule has 0 saturated carbocycles. The Kier molecular flexibility index (Phi) is 10.6. The van der Waals surface area contributed by atoms with Gasteiger partial charge in [-0.05, 0) is 74.4 Å². The van der Waals surface area contributed by atoms with Crippen molar-refractivity contribution < 1.29 is 4.79 Å².